The number of thioether (sulfide) groups is 1. The van der Waals surface area contributed by atoms with Crippen molar-refractivity contribution >= 4 is 35.2 Å². The SMILES string of the molecule is CCC(=O)N1CCCC(C(=O)NCCSc2ccc(Cl)cc2)C1. The van der Waals surface area contributed by atoms with E-state index in [-0.39, 0.29) is 17.7 Å². The zero-order valence-corrected chi connectivity index (χ0v) is 15.0. The number of carbonyl (C=O) groups excluding carboxylic acids is 2. The predicted molar refractivity (Wildman–Crippen MR) is 94.8 cm³/mol. The summed E-state index contributed by atoms with van der Waals surface area (Å²) >= 11 is 7.54. The number of nitrogens with one attached hydrogen (secondary N) is 1. The minimum absolute atomic E-state index is 0.0651. The number of carbonyl (C=O) groups is 2. The van der Waals surface area contributed by atoms with Crippen molar-refractivity contribution in [3.05, 3.63) is 29.3 Å². The highest BCUT2D eigenvalue weighted by atomic mass is 35.5. The van der Waals surface area contributed by atoms with Crippen LogP contribution in [0.4, 0.5) is 0 Å². The van der Waals surface area contributed by atoms with E-state index in [4.69, 9.17) is 11.6 Å². The molecule has 1 atom stereocenters. The van der Waals surface area contributed by atoms with Crippen molar-refractivity contribution in [2.75, 3.05) is 25.4 Å². The summed E-state index contributed by atoms with van der Waals surface area (Å²) in [5.74, 6) is 0.952. The van der Waals surface area contributed by atoms with Crippen molar-refractivity contribution < 1.29 is 9.59 Å². The maximum Gasteiger partial charge on any atom is 0.224 e. The second kappa shape index (κ2) is 9.18. The van der Waals surface area contributed by atoms with E-state index in [9.17, 15) is 9.59 Å². The van der Waals surface area contributed by atoms with E-state index in [0.717, 1.165) is 35.1 Å². The van der Waals surface area contributed by atoms with Gasteiger partial charge in [-0.25, -0.2) is 0 Å². The van der Waals surface area contributed by atoms with Gasteiger partial charge in [0.25, 0.3) is 0 Å². The van der Waals surface area contributed by atoms with E-state index in [1.165, 1.54) is 0 Å². The number of halogens is 1. The number of amides is 2. The van der Waals surface area contributed by atoms with Crippen LogP contribution in [0.5, 0.6) is 0 Å². The molecule has 2 rings (SSSR count). The van der Waals surface area contributed by atoms with Crippen LogP contribution in [0.1, 0.15) is 26.2 Å². The third-order valence-corrected chi connectivity index (χ3v) is 5.20. The second-order valence-corrected chi connectivity index (χ2v) is 7.23. The molecule has 1 heterocycles. The van der Waals surface area contributed by atoms with Gasteiger partial charge in [0.15, 0.2) is 0 Å². The summed E-state index contributed by atoms with van der Waals surface area (Å²) in [6.07, 6.45) is 2.28. The Bertz CT molecular complexity index is 536. The van der Waals surface area contributed by atoms with Gasteiger partial charge in [-0.1, -0.05) is 18.5 Å². The van der Waals surface area contributed by atoms with E-state index in [2.05, 4.69) is 5.32 Å². The molecule has 6 heteroatoms. The normalized spacial score (nSPS) is 17.8. The third kappa shape index (κ3) is 5.74. The Kier molecular flexibility index (Phi) is 7.24. The lowest BCUT2D eigenvalue weighted by atomic mass is 9.97. The van der Waals surface area contributed by atoms with Gasteiger partial charge >= 0.3 is 0 Å². The first-order valence-electron chi connectivity index (χ1n) is 8.04. The van der Waals surface area contributed by atoms with Crippen LogP contribution in [-0.2, 0) is 9.59 Å². The molecule has 1 aliphatic heterocycles. The summed E-state index contributed by atoms with van der Waals surface area (Å²) in [6.45, 7) is 3.83. The Morgan fingerprint density at radius 3 is 2.78 bits per heavy atom. The molecule has 1 N–H and O–H groups in total. The monoisotopic (exact) mass is 354 g/mol. The molecule has 1 unspecified atom stereocenters. The molecule has 23 heavy (non-hydrogen) atoms. The van der Waals surface area contributed by atoms with E-state index in [1.54, 1.807) is 11.8 Å². The number of hydrogen-bond acceptors (Lipinski definition) is 3. The maximum atomic E-state index is 12.2. The van der Waals surface area contributed by atoms with Crippen LogP contribution >= 0.6 is 23.4 Å². The van der Waals surface area contributed by atoms with Crippen LogP contribution in [0, 0.1) is 5.92 Å². The Morgan fingerprint density at radius 1 is 1.35 bits per heavy atom. The van der Waals surface area contributed by atoms with Crippen molar-refractivity contribution in [2.24, 2.45) is 5.92 Å². The summed E-state index contributed by atoms with van der Waals surface area (Å²) in [5, 5.41) is 3.72. The van der Waals surface area contributed by atoms with Crippen molar-refractivity contribution in [1.82, 2.24) is 10.2 Å². The Morgan fingerprint density at radius 2 is 2.09 bits per heavy atom. The van der Waals surface area contributed by atoms with Crippen LogP contribution in [0.25, 0.3) is 0 Å². The summed E-state index contributed by atoms with van der Waals surface area (Å²) in [7, 11) is 0. The van der Waals surface area contributed by atoms with Crippen LogP contribution in [0.2, 0.25) is 5.02 Å². The molecule has 0 aliphatic carbocycles. The standard InChI is InChI=1S/C17H23ClN2O2S/c1-2-16(21)20-10-3-4-13(12-20)17(22)19-9-11-23-15-7-5-14(18)6-8-15/h5-8,13H,2-4,9-12H2,1H3,(H,19,22). The van der Waals surface area contributed by atoms with Crippen LogP contribution in [0.15, 0.2) is 29.2 Å². The first-order valence-corrected chi connectivity index (χ1v) is 9.40. The quantitative estimate of drug-likeness (QED) is 0.630. The Labute approximate surface area is 146 Å². The largest absolute Gasteiger partial charge is 0.355 e. The molecule has 2 amide bonds. The molecule has 0 saturated carbocycles. The highest BCUT2D eigenvalue weighted by molar-refractivity contribution is 7.99. The average molecular weight is 355 g/mol. The molecule has 4 nitrogen and oxygen atoms in total. The van der Waals surface area contributed by atoms with E-state index in [0.29, 0.717) is 19.5 Å². The zero-order chi connectivity index (χ0) is 16.7. The second-order valence-electron chi connectivity index (χ2n) is 5.63. The fourth-order valence-corrected chi connectivity index (χ4v) is 3.55. The first-order chi connectivity index (χ1) is 11.1. The van der Waals surface area contributed by atoms with Crippen molar-refractivity contribution in [3.8, 4) is 0 Å². The van der Waals surface area contributed by atoms with Crippen LogP contribution in [0.3, 0.4) is 0 Å². The molecule has 0 radical (unpaired) electrons. The Balaban J connectivity index is 1.70. The Hall–Kier alpha value is -1.20. The predicted octanol–water partition coefficient (Wildman–Crippen LogP) is 3.20. The zero-order valence-electron chi connectivity index (χ0n) is 13.4. The molecular weight excluding hydrogens is 332 g/mol. The summed E-state index contributed by atoms with van der Waals surface area (Å²) in [6, 6.07) is 7.68. The molecule has 1 aromatic rings. The van der Waals surface area contributed by atoms with Gasteiger partial charge in [0.05, 0.1) is 5.92 Å². The fraction of sp³-hybridized carbons (Fsp3) is 0.529. The van der Waals surface area contributed by atoms with Gasteiger partial charge in [-0.2, -0.15) is 0 Å². The number of likely N-dealkylation sites (tertiary alicyclic amines) is 1. The maximum absolute atomic E-state index is 12.2. The highest BCUT2D eigenvalue weighted by Crippen LogP contribution is 2.20. The lowest BCUT2D eigenvalue weighted by Gasteiger charge is -2.31. The van der Waals surface area contributed by atoms with Gasteiger partial charge in [-0.15, -0.1) is 11.8 Å². The minimum atomic E-state index is -0.0696. The molecule has 1 aliphatic rings. The number of nitrogens with zero attached hydrogens (tertiary/aromatic N) is 1. The lowest BCUT2D eigenvalue weighted by Crippen LogP contribution is -2.45. The molecular formula is C17H23ClN2O2S. The highest BCUT2D eigenvalue weighted by Gasteiger charge is 2.27. The molecule has 1 aromatic carbocycles. The van der Waals surface area contributed by atoms with E-state index < -0.39 is 0 Å². The average Bonchev–Trinajstić information content (AvgIpc) is 2.59. The van der Waals surface area contributed by atoms with Gasteiger partial charge in [0.1, 0.15) is 0 Å². The third-order valence-electron chi connectivity index (χ3n) is 3.93. The molecule has 0 aromatic heterocycles. The number of benzene rings is 1. The summed E-state index contributed by atoms with van der Waals surface area (Å²) < 4.78 is 0. The molecule has 0 spiro atoms. The molecule has 1 saturated heterocycles. The molecule has 0 bridgehead atoms. The van der Waals surface area contributed by atoms with Gasteiger partial charge in [-0.3, -0.25) is 9.59 Å². The van der Waals surface area contributed by atoms with Crippen molar-refractivity contribution in [1.29, 1.82) is 0 Å². The molecule has 126 valence electrons. The summed E-state index contributed by atoms with van der Waals surface area (Å²) in [4.78, 5) is 26.9. The first kappa shape index (κ1) is 18.1. The van der Waals surface area contributed by atoms with Crippen LogP contribution < -0.4 is 5.32 Å². The molecule has 1 fully saturated rings. The van der Waals surface area contributed by atoms with E-state index >= 15 is 0 Å². The van der Waals surface area contributed by atoms with Crippen molar-refractivity contribution in [2.45, 2.75) is 31.1 Å². The van der Waals surface area contributed by atoms with Gasteiger partial charge in [-0.05, 0) is 37.1 Å². The minimum Gasteiger partial charge on any atom is -0.355 e. The topological polar surface area (TPSA) is 49.4 Å². The number of rotatable bonds is 6. The number of hydrogen-bond donors (Lipinski definition) is 1. The number of piperidine rings is 1. The van der Waals surface area contributed by atoms with Gasteiger partial charge in [0.2, 0.25) is 11.8 Å². The van der Waals surface area contributed by atoms with Crippen LogP contribution in [-0.4, -0.2) is 42.1 Å². The van der Waals surface area contributed by atoms with Gasteiger partial charge in [0, 0.05) is 41.7 Å². The smallest absolute Gasteiger partial charge is 0.224 e. The fourth-order valence-electron chi connectivity index (χ4n) is 2.66. The van der Waals surface area contributed by atoms with Gasteiger partial charge < -0.3 is 10.2 Å². The lowest BCUT2D eigenvalue weighted by molar-refractivity contribution is -0.135. The van der Waals surface area contributed by atoms with E-state index in [1.807, 2.05) is 36.1 Å². The van der Waals surface area contributed by atoms with Crippen molar-refractivity contribution in [3.63, 3.8) is 0 Å². The summed E-state index contributed by atoms with van der Waals surface area (Å²) in [5.41, 5.74) is 0.